The molecule has 5 saturated heterocycles. The average Bonchev–Trinajstić information content (AvgIpc) is 1.27. The molecule has 31 nitrogen and oxygen atoms in total. The van der Waals surface area contributed by atoms with Gasteiger partial charge >= 0.3 is 0 Å². The molecule has 5 aliphatic heterocycles. The number of aliphatic hydroxyl groups excluding tert-OH is 5. The van der Waals surface area contributed by atoms with Crippen LogP contribution in [0.3, 0.4) is 0 Å². The summed E-state index contributed by atoms with van der Waals surface area (Å²) >= 11 is 31.2. The van der Waals surface area contributed by atoms with Crippen molar-refractivity contribution >= 4 is 163 Å². The summed E-state index contributed by atoms with van der Waals surface area (Å²) in [6, 6.07) is 18.0. The van der Waals surface area contributed by atoms with Crippen LogP contribution in [0.4, 0.5) is 0 Å². The Morgan fingerprint density at radius 1 is 0.351 bits per heavy atom. The van der Waals surface area contributed by atoms with E-state index in [9.17, 15) is 67.6 Å². The topological polar surface area (TPSA) is 435 Å². The number of piperidine rings is 5. The molecule has 41 heteroatoms. The number of benzene rings is 5. The van der Waals surface area contributed by atoms with Crippen molar-refractivity contribution in [3.63, 3.8) is 0 Å². The molecule has 134 heavy (non-hydrogen) atoms. The predicted octanol–water partition coefficient (Wildman–Crippen LogP) is 17.1. The van der Waals surface area contributed by atoms with Crippen molar-refractivity contribution in [2.75, 3.05) is 91.0 Å². The van der Waals surface area contributed by atoms with Crippen molar-refractivity contribution in [2.24, 2.45) is 56.7 Å². The molecule has 10 aromatic rings. The first-order valence-corrected chi connectivity index (χ1v) is 55.8. The number of rotatable bonds is 26. The van der Waals surface area contributed by atoms with E-state index in [1.807, 2.05) is 92.6 Å². The van der Waals surface area contributed by atoms with E-state index in [0.717, 1.165) is 147 Å². The number of sulfonamides is 4. The Labute approximate surface area is 814 Å². The molecule has 10 heterocycles. The van der Waals surface area contributed by atoms with Gasteiger partial charge < -0.3 is 25.5 Å². The molecular formula is C93H135Cl5N16O15S5. The number of hydrogen-bond acceptors (Lipinski definition) is 20. The van der Waals surface area contributed by atoms with Gasteiger partial charge in [-0.15, -0.1) is 0 Å². The molecule has 5 atom stereocenters. The Hall–Kier alpha value is -5.79. The van der Waals surface area contributed by atoms with Crippen LogP contribution in [-0.4, -0.2) is 246 Å². The lowest BCUT2D eigenvalue weighted by Gasteiger charge is -2.43. The van der Waals surface area contributed by atoms with Crippen LogP contribution in [-0.2, 0) is 50.3 Å². The summed E-state index contributed by atoms with van der Waals surface area (Å²) in [6.07, 6.45) is 14.3. The zero-order chi connectivity index (χ0) is 98.3. The fourth-order valence-electron chi connectivity index (χ4n) is 20.4. The second-order valence-corrected chi connectivity index (χ2v) is 53.8. The molecule has 5 aromatic carbocycles. The lowest BCUT2D eigenvalue weighted by atomic mass is 9.68. The highest BCUT2D eigenvalue weighted by Gasteiger charge is 2.49. The van der Waals surface area contributed by atoms with Crippen LogP contribution in [0.2, 0.25) is 25.1 Å². The van der Waals surface area contributed by atoms with Crippen LogP contribution in [0.5, 0.6) is 0 Å². The largest absolute Gasteiger partial charge is 0.388 e. The van der Waals surface area contributed by atoms with Crippen molar-refractivity contribution in [1.82, 2.24) is 76.8 Å². The third-order valence-electron chi connectivity index (χ3n) is 29.9. The Kier molecular flexibility index (Phi) is 34.0. The Balaban J connectivity index is 0.000000151. The van der Waals surface area contributed by atoms with Gasteiger partial charge in [0.1, 0.15) is 0 Å². The zero-order valence-corrected chi connectivity index (χ0v) is 87.3. The highest BCUT2D eigenvalue weighted by molar-refractivity contribution is 7.90. The molecule has 6 aliphatic rings. The van der Waals surface area contributed by atoms with Gasteiger partial charge in [0.15, 0.2) is 0 Å². The van der Waals surface area contributed by atoms with Crippen molar-refractivity contribution in [3.8, 4) is 0 Å². The van der Waals surface area contributed by atoms with E-state index in [4.69, 9.17) is 58.0 Å². The summed E-state index contributed by atoms with van der Waals surface area (Å²) in [5.41, 5.74) is 5.48. The van der Waals surface area contributed by atoms with Crippen molar-refractivity contribution < 1.29 is 67.6 Å². The number of halogens is 5. The molecule has 10 N–H and O–H groups in total. The number of nitrogens with one attached hydrogen (secondary N) is 5. The predicted molar refractivity (Wildman–Crippen MR) is 533 cm³/mol. The highest BCUT2D eigenvalue weighted by atomic mass is 35.5. The van der Waals surface area contributed by atoms with Gasteiger partial charge in [-0.3, -0.25) is 25.5 Å². The van der Waals surface area contributed by atoms with Gasteiger partial charge in [-0.1, -0.05) is 134 Å². The van der Waals surface area contributed by atoms with E-state index in [1.165, 1.54) is 8.61 Å². The SMILES string of the molecule is CC(C)(C1CCN(S(=O)(=O)C2CC2)CC1)C(O)c1cc(Cl)cc2cn[nH]c12.CC(C)S(=O)(=O)N1CCC(C(C)(C)C(O)c2cc(Cl)cc3cn[nH]c23)CC1.CCCS(=O)(=O)N1CCC(C(C)(C)C(O)c2cc(Cl)cc3cn[nH]c23)CC1.CCS(=O)(=O)N1CCC(C(C)(C)C(O)c2cc(Cl)cc3cn[nH]c23)CC1.CN(C)S(=O)(=O)N1CCC(C(C)(C)C(O)c2cc(Cl)cc3cn[nH]c23)CC1. The van der Waals surface area contributed by atoms with Crippen molar-refractivity contribution in [1.29, 1.82) is 0 Å². The monoisotopic (exact) mass is 2050 g/mol. The molecule has 6 fully saturated rings. The molecule has 16 rings (SSSR count). The Morgan fingerprint density at radius 3 is 0.791 bits per heavy atom. The van der Waals surface area contributed by atoms with Gasteiger partial charge in [-0.25, -0.2) is 50.9 Å². The quantitative estimate of drug-likeness (QED) is 0.0241. The van der Waals surface area contributed by atoms with Crippen LogP contribution in [0.25, 0.3) is 54.5 Å². The number of hydrogen-bond donors (Lipinski definition) is 10. The van der Waals surface area contributed by atoms with Gasteiger partial charge in [0.25, 0.3) is 10.2 Å². The third-order valence-corrected chi connectivity index (χ3v) is 41.6. The molecule has 742 valence electrons. The number of nitrogens with zero attached hydrogens (tertiary/aromatic N) is 11. The summed E-state index contributed by atoms with van der Waals surface area (Å²) in [6.45, 7) is 32.4. The lowest BCUT2D eigenvalue weighted by molar-refractivity contribution is -0.0116. The van der Waals surface area contributed by atoms with Crippen LogP contribution in [0, 0.1) is 56.7 Å². The number of H-pyrrole nitrogens is 5. The molecule has 5 aromatic heterocycles. The van der Waals surface area contributed by atoms with Gasteiger partial charge in [-0.05, 0) is 222 Å². The molecule has 0 spiro atoms. The summed E-state index contributed by atoms with van der Waals surface area (Å²) in [5.74, 6) is 1.33. The lowest BCUT2D eigenvalue weighted by Crippen LogP contribution is -2.47. The third kappa shape index (κ3) is 23.2. The first kappa shape index (κ1) is 107. The number of aliphatic hydroxyl groups is 5. The van der Waals surface area contributed by atoms with Crippen molar-refractivity contribution in [2.45, 2.75) is 221 Å². The molecule has 0 amide bonds. The first-order chi connectivity index (χ1) is 62.6. The minimum atomic E-state index is -3.39. The van der Waals surface area contributed by atoms with Gasteiger partial charge in [-0.2, -0.15) is 42.5 Å². The molecule has 0 bridgehead atoms. The van der Waals surface area contributed by atoms with E-state index in [-0.39, 0.29) is 46.3 Å². The minimum absolute atomic E-state index is 0.129. The van der Waals surface area contributed by atoms with Crippen LogP contribution < -0.4 is 0 Å². The van der Waals surface area contributed by atoms with E-state index in [2.05, 4.69) is 64.8 Å². The van der Waals surface area contributed by atoms with E-state index in [1.54, 1.807) is 113 Å². The summed E-state index contributed by atoms with van der Waals surface area (Å²) < 4.78 is 132. The number of aromatic amines is 5. The minimum Gasteiger partial charge on any atom is -0.388 e. The number of aromatic nitrogens is 10. The van der Waals surface area contributed by atoms with E-state index >= 15 is 0 Å². The Bertz CT molecular complexity index is 5970. The molecule has 1 saturated carbocycles. The van der Waals surface area contributed by atoms with Gasteiger partial charge in [0.05, 0.1) is 111 Å². The van der Waals surface area contributed by atoms with Gasteiger partial charge in [0.2, 0.25) is 40.1 Å². The fraction of sp³-hybridized carbons (Fsp3) is 0.624. The maximum atomic E-state index is 12.5. The number of fused-ring (bicyclic) bond motifs is 5. The fourth-order valence-corrected chi connectivity index (χ4v) is 28.6. The summed E-state index contributed by atoms with van der Waals surface area (Å²) in [5, 5.41) is 97.7. The van der Waals surface area contributed by atoms with E-state index < -0.39 is 113 Å². The normalized spacial score (nSPS) is 19.6. The second-order valence-electron chi connectivity index (χ2n) is 40.5. The van der Waals surface area contributed by atoms with Crippen LogP contribution in [0.15, 0.2) is 91.6 Å². The van der Waals surface area contributed by atoms with Crippen LogP contribution >= 0.6 is 58.0 Å². The van der Waals surface area contributed by atoms with E-state index in [0.29, 0.717) is 110 Å². The Morgan fingerprint density at radius 2 is 0.575 bits per heavy atom. The molecule has 0 radical (unpaired) electrons. The standard InChI is InChI=1S/C19H26ClN3O3S.2C19H28ClN3O3S.C18H27ClN4O3S.C18H26ClN3O3S/c1-19(2,13-5-7-23(8-6-13)27(25,26)15-3-4-15)18(24)16-10-14(20)9-12-11-21-22-17(12)16;1-12(2)27(25,26)23-7-5-14(6-8-23)19(3,4)18(24)16-10-15(20)9-13-11-21-22-17(13)16;1-4-9-27(25,26)23-7-5-14(6-8-23)19(2,3)18(24)16-11-15(20)10-13-12-21-22-17(13)16;1-18(2,13-5-7-23(8-6-13)27(25,26)22(3)4)17(24)15-10-14(19)9-12-11-20-21-16(12)15;1-4-26(24,25)22-7-5-13(6-8-22)18(2,3)17(23)15-10-14(19)9-12-11-20-21-16(12)15/h9-11,13,15,18,24H,3-8H2,1-2H3,(H,21,22);9-12,14,18,24H,5-8H2,1-4H3,(H,21,22);10-12,14,18,24H,4-9H2,1-3H3,(H,21,22);9-11,13,17,24H,5-8H2,1-4H3,(H,20,21);9-11,13,17,23H,4-8H2,1-3H3,(H,20,21). The average molecular weight is 2050 g/mol. The first-order valence-electron chi connectivity index (χ1n) is 46.3. The molecule has 1 aliphatic carbocycles. The second kappa shape index (κ2) is 42.6. The molecule has 5 unspecified atom stereocenters. The smallest absolute Gasteiger partial charge is 0.281 e. The van der Waals surface area contributed by atoms with Crippen molar-refractivity contribution in [3.05, 3.63) is 145 Å². The summed E-state index contributed by atoms with van der Waals surface area (Å²) in [7, 11) is -13.0. The summed E-state index contributed by atoms with van der Waals surface area (Å²) in [4.78, 5) is 0. The highest BCUT2D eigenvalue weighted by Crippen LogP contribution is 2.53. The molecular weight excluding hydrogens is 1920 g/mol. The zero-order valence-electron chi connectivity index (χ0n) is 79.4. The maximum absolute atomic E-state index is 12.5. The maximum Gasteiger partial charge on any atom is 0.281 e. The van der Waals surface area contributed by atoms with Crippen LogP contribution in [0.1, 0.15) is 239 Å². The van der Waals surface area contributed by atoms with Gasteiger partial charge in [0, 0.05) is 159 Å².